The van der Waals surface area contributed by atoms with Crippen LogP contribution in [0.2, 0.25) is 0 Å². The third kappa shape index (κ3) is 2.95. The van der Waals surface area contributed by atoms with Crippen molar-refractivity contribution in [2.24, 2.45) is 0 Å². The van der Waals surface area contributed by atoms with Gasteiger partial charge in [-0.25, -0.2) is 4.79 Å². The van der Waals surface area contributed by atoms with Gasteiger partial charge >= 0.3 is 5.97 Å². The highest BCUT2D eigenvalue weighted by atomic mass is 32.1. The van der Waals surface area contributed by atoms with Gasteiger partial charge in [0.05, 0.1) is 0 Å². The standard InChI is InChI=1S/C13H13NO2S/c1-3-5-7-9(6-4-2)10-8-17-12(14)11(10)13(15)16/h3-8H,1-2,14H2,(H,15,16)/b7-5-,9-6+. The van der Waals surface area contributed by atoms with Gasteiger partial charge in [0, 0.05) is 10.9 Å². The molecule has 1 heterocycles. The van der Waals surface area contributed by atoms with Gasteiger partial charge in [-0.15, -0.1) is 11.3 Å². The molecule has 0 amide bonds. The van der Waals surface area contributed by atoms with Gasteiger partial charge in [0.1, 0.15) is 10.6 Å². The van der Waals surface area contributed by atoms with Gasteiger partial charge < -0.3 is 10.8 Å². The maximum Gasteiger partial charge on any atom is 0.339 e. The predicted molar refractivity (Wildman–Crippen MR) is 73.2 cm³/mol. The Kier molecular flexibility index (Phi) is 4.48. The molecule has 0 saturated heterocycles. The summed E-state index contributed by atoms with van der Waals surface area (Å²) in [6, 6.07) is 0. The second kappa shape index (κ2) is 5.86. The Hall–Kier alpha value is -2.07. The number of nitrogens with two attached hydrogens (primary N) is 1. The van der Waals surface area contributed by atoms with Crippen molar-refractivity contribution in [1.82, 2.24) is 0 Å². The van der Waals surface area contributed by atoms with E-state index in [2.05, 4.69) is 13.2 Å². The molecular formula is C13H13NO2S. The van der Waals surface area contributed by atoms with Crippen LogP contribution in [0, 0.1) is 0 Å². The third-order valence-electron chi connectivity index (χ3n) is 2.05. The van der Waals surface area contributed by atoms with Crippen molar-refractivity contribution < 1.29 is 9.90 Å². The predicted octanol–water partition coefficient (Wildman–Crippen LogP) is 3.34. The Morgan fingerprint density at radius 3 is 2.65 bits per heavy atom. The highest BCUT2D eigenvalue weighted by molar-refractivity contribution is 7.14. The topological polar surface area (TPSA) is 63.3 Å². The Balaban J connectivity index is 3.33. The largest absolute Gasteiger partial charge is 0.478 e. The van der Waals surface area contributed by atoms with Crippen molar-refractivity contribution in [3.63, 3.8) is 0 Å². The van der Waals surface area contributed by atoms with E-state index in [9.17, 15) is 4.79 Å². The van der Waals surface area contributed by atoms with Gasteiger partial charge in [-0.05, 0) is 5.57 Å². The first kappa shape index (κ1) is 13.0. The summed E-state index contributed by atoms with van der Waals surface area (Å²) in [5.74, 6) is -1.03. The molecule has 88 valence electrons. The Morgan fingerprint density at radius 2 is 2.12 bits per heavy atom. The first-order valence-corrected chi connectivity index (χ1v) is 5.72. The maximum absolute atomic E-state index is 11.1. The first-order valence-electron chi connectivity index (χ1n) is 4.84. The molecule has 0 unspecified atom stereocenters. The Morgan fingerprint density at radius 1 is 1.41 bits per heavy atom. The minimum atomic E-state index is -1.03. The lowest BCUT2D eigenvalue weighted by Crippen LogP contribution is -2.01. The monoisotopic (exact) mass is 247 g/mol. The van der Waals surface area contributed by atoms with E-state index in [1.807, 2.05) is 0 Å². The van der Waals surface area contributed by atoms with Crippen molar-refractivity contribution in [1.29, 1.82) is 0 Å². The molecule has 1 aromatic heterocycles. The molecule has 0 saturated carbocycles. The number of carboxylic acids is 1. The SMILES string of the molecule is C=C/C=C\C(=C/C=C)c1csc(N)c1C(=O)O. The van der Waals surface area contributed by atoms with Crippen LogP contribution in [0.15, 0.2) is 48.9 Å². The highest BCUT2D eigenvalue weighted by Crippen LogP contribution is 2.31. The van der Waals surface area contributed by atoms with E-state index >= 15 is 0 Å². The molecule has 0 bridgehead atoms. The lowest BCUT2D eigenvalue weighted by molar-refractivity contribution is 0.0698. The molecule has 0 radical (unpaired) electrons. The molecule has 0 aliphatic heterocycles. The molecule has 3 nitrogen and oxygen atoms in total. The summed E-state index contributed by atoms with van der Waals surface area (Å²) < 4.78 is 0. The van der Waals surface area contributed by atoms with Crippen LogP contribution in [0.5, 0.6) is 0 Å². The third-order valence-corrected chi connectivity index (χ3v) is 2.87. The highest BCUT2D eigenvalue weighted by Gasteiger charge is 2.17. The number of hydrogen-bond acceptors (Lipinski definition) is 3. The van der Waals surface area contributed by atoms with E-state index in [4.69, 9.17) is 10.8 Å². The minimum Gasteiger partial charge on any atom is -0.478 e. The number of hydrogen-bond donors (Lipinski definition) is 2. The molecule has 0 aromatic carbocycles. The second-order valence-corrected chi connectivity index (χ2v) is 4.06. The van der Waals surface area contributed by atoms with Gasteiger partial charge in [0.15, 0.2) is 0 Å². The molecule has 17 heavy (non-hydrogen) atoms. The summed E-state index contributed by atoms with van der Waals surface area (Å²) >= 11 is 1.21. The van der Waals surface area contributed by atoms with E-state index in [1.165, 1.54) is 11.3 Å². The van der Waals surface area contributed by atoms with Crippen LogP contribution in [0.4, 0.5) is 5.00 Å². The molecule has 0 atom stereocenters. The van der Waals surface area contributed by atoms with Gasteiger partial charge in [-0.2, -0.15) is 0 Å². The van der Waals surface area contributed by atoms with Crippen molar-refractivity contribution in [3.05, 3.63) is 60.0 Å². The number of allylic oxidation sites excluding steroid dienone is 6. The first-order chi connectivity index (χ1) is 8.11. The van der Waals surface area contributed by atoms with Crippen molar-refractivity contribution >= 4 is 27.9 Å². The molecule has 4 heteroatoms. The average molecular weight is 247 g/mol. The summed E-state index contributed by atoms with van der Waals surface area (Å²) in [7, 11) is 0. The zero-order chi connectivity index (χ0) is 12.8. The van der Waals surface area contributed by atoms with Crippen LogP contribution in [0.25, 0.3) is 5.57 Å². The van der Waals surface area contributed by atoms with Gasteiger partial charge in [-0.3, -0.25) is 0 Å². The summed E-state index contributed by atoms with van der Waals surface area (Å²) in [4.78, 5) is 11.1. The zero-order valence-corrected chi connectivity index (χ0v) is 10.0. The van der Waals surface area contributed by atoms with Crippen LogP contribution < -0.4 is 5.73 Å². The van der Waals surface area contributed by atoms with Crippen LogP contribution in [0.1, 0.15) is 15.9 Å². The normalized spacial score (nSPS) is 11.6. The van der Waals surface area contributed by atoms with E-state index < -0.39 is 5.97 Å². The summed E-state index contributed by atoms with van der Waals surface area (Å²) in [6.07, 6.45) is 8.45. The summed E-state index contributed by atoms with van der Waals surface area (Å²) in [5.41, 5.74) is 7.12. The molecule has 0 aliphatic carbocycles. The van der Waals surface area contributed by atoms with Gasteiger partial charge in [0.25, 0.3) is 0 Å². The van der Waals surface area contributed by atoms with Crippen LogP contribution in [0.3, 0.4) is 0 Å². The van der Waals surface area contributed by atoms with Crippen molar-refractivity contribution in [2.45, 2.75) is 0 Å². The lowest BCUT2D eigenvalue weighted by atomic mass is 10.0. The van der Waals surface area contributed by atoms with E-state index in [0.717, 1.165) is 5.57 Å². The molecule has 3 N–H and O–H groups in total. The number of anilines is 1. The van der Waals surface area contributed by atoms with Gasteiger partial charge in [-0.1, -0.05) is 43.5 Å². The Labute approximate surface area is 104 Å². The smallest absolute Gasteiger partial charge is 0.339 e. The fourth-order valence-electron chi connectivity index (χ4n) is 1.34. The number of aromatic carboxylic acids is 1. The van der Waals surface area contributed by atoms with E-state index in [-0.39, 0.29) is 5.56 Å². The van der Waals surface area contributed by atoms with Crippen LogP contribution >= 0.6 is 11.3 Å². The second-order valence-electron chi connectivity index (χ2n) is 3.15. The summed E-state index contributed by atoms with van der Waals surface area (Å²) in [5, 5.41) is 11.1. The fraction of sp³-hybridized carbons (Fsp3) is 0. The minimum absolute atomic E-state index is 0.136. The number of thiophene rings is 1. The van der Waals surface area contributed by atoms with E-state index in [0.29, 0.717) is 10.6 Å². The van der Waals surface area contributed by atoms with E-state index in [1.54, 1.807) is 35.8 Å². The molecule has 0 fully saturated rings. The molecule has 0 aliphatic rings. The molecule has 0 spiro atoms. The molecular weight excluding hydrogens is 234 g/mol. The number of rotatable bonds is 5. The Bertz CT molecular complexity index is 509. The molecule has 1 aromatic rings. The zero-order valence-electron chi connectivity index (χ0n) is 9.22. The van der Waals surface area contributed by atoms with Crippen molar-refractivity contribution in [2.75, 3.05) is 5.73 Å². The van der Waals surface area contributed by atoms with Crippen LogP contribution in [-0.4, -0.2) is 11.1 Å². The van der Waals surface area contributed by atoms with Crippen molar-refractivity contribution in [3.8, 4) is 0 Å². The maximum atomic E-state index is 11.1. The van der Waals surface area contributed by atoms with Gasteiger partial charge in [0.2, 0.25) is 0 Å². The number of carbonyl (C=O) groups is 1. The lowest BCUT2D eigenvalue weighted by Gasteiger charge is -2.01. The average Bonchev–Trinajstić information content (AvgIpc) is 2.66. The number of carboxylic acid groups (broad SMARTS) is 1. The quantitative estimate of drug-likeness (QED) is 0.784. The number of nitrogen functional groups attached to an aromatic ring is 1. The van der Waals surface area contributed by atoms with Crippen LogP contribution in [-0.2, 0) is 0 Å². The summed E-state index contributed by atoms with van der Waals surface area (Å²) in [6.45, 7) is 7.17. The fourth-order valence-corrected chi connectivity index (χ4v) is 2.15. The molecule has 1 rings (SSSR count).